The second-order valence-corrected chi connectivity index (χ2v) is 8.07. The van der Waals surface area contributed by atoms with Gasteiger partial charge < -0.3 is 20.7 Å². The van der Waals surface area contributed by atoms with Crippen LogP contribution in [0.4, 0.5) is 5.69 Å². The molecule has 2 aromatic rings. The normalized spacial score (nSPS) is 16.3. The first-order valence-corrected chi connectivity index (χ1v) is 10.5. The number of aromatic nitrogens is 1. The van der Waals surface area contributed by atoms with Gasteiger partial charge in [-0.3, -0.25) is 4.79 Å². The van der Waals surface area contributed by atoms with Crippen LogP contribution in [0.1, 0.15) is 17.5 Å². The Morgan fingerprint density at radius 3 is 3.03 bits per heavy atom. The van der Waals surface area contributed by atoms with Gasteiger partial charge in [-0.2, -0.15) is 5.26 Å². The number of benzene rings is 1. The summed E-state index contributed by atoms with van der Waals surface area (Å²) in [5.41, 5.74) is 9.83. The van der Waals surface area contributed by atoms with E-state index < -0.39 is 6.04 Å². The Hall–Kier alpha value is -3.02. The minimum Gasteiger partial charge on any atom is -0.439 e. The summed E-state index contributed by atoms with van der Waals surface area (Å²) in [4.78, 5) is 18.4. The van der Waals surface area contributed by atoms with E-state index in [0.717, 1.165) is 35.0 Å². The first kappa shape index (κ1) is 19.3. The van der Waals surface area contributed by atoms with E-state index in [1.807, 2.05) is 35.4 Å². The SMILES string of the molecule is N#Cc1ccc(Oc2ccc3c(c2)CC(C[C@H](N)C(=O)N2CCSC2)=CN3)nc1. The van der Waals surface area contributed by atoms with Crippen LogP contribution >= 0.6 is 11.8 Å². The molecule has 1 fully saturated rings. The lowest BCUT2D eigenvalue weighted by atomic mass is 9.95. The molecular weight excluding hydrogens is 386 g/mol. The van der Waals surface area contributed by atoms with Crippen molar-refractivity contribution in [2.75, 3.05) is 23.5 Å². The minimum absolute atomic E-state index is 0.0191. The number of anilines is 1. The quantitative estimate of drug-likeness (QED) is 0.785. The Kier molecular flexibility index (Phi) is 5.69. The average molecular weight is 407 g/mol. The van der Waals surface area contributed by atoms with Crippen molar-refractivity contribution in [3.8, 4) is 17.7 Å². The molecule has 0 unspecified atom stereocenters. The van der Waals surface area contributed by atoms with E-state index in [9.17, 15) is 4.79 Å². The highest BCUT2D eigenvalue weighted by atomic mass is 32.2. The lowest BCUT2D eigenvalue weighted by Gasteiger charge is -2.23. The smallest absolute Gasteiger partial charge is 0.240 e. The van der Waals surface area contributed by atoms with E-state index >= 15 is 0 Å². The van der Waals surface area contributed by atoms with Crippen LogP contribution < -0.4 is 15.8 Å². The monoisotopic (exact) mass is 407 g/mol. The summed E-state index contributed by atoms with van der Waals surface area (Å²) in [6.07, 6.45) is 4.65. The molecule has 0 radical (unpaired) electrons. The molecule has 4 rings (SSSR count). The van der Waals surface area contributed by atoms with Gasteiger partial charge in [0.1, 0.15) is 11.8 Å². The standard InChI is InChI=1S/C21H21N5O2S/c22-10-14-1-4-20(25-11-14)28-17-2-3-19-16(9-17)7-15(12-24-19)8-18(23)21(27)26-5-6-29-13-26/h1-4,9,11-12,18,24H,5-8,13,23H2/t18-/m0/s1. The summed E-state index contributed by atoms with van der Waals surface area (Å²) in [5, 5.41) is 12.1. The molecule has 8 heteroatoms. The molecule has 1 atom stereocenters. The number of pyridine rings is 1. The summed E-state index contributed by atoms with van der Waals surface area (Å²) in [6, 6.07) is 10.6. The van der Waals surface area contributed by atoms with Crippen LogP contribution in [0.25, 0.3) is 0 Å². The van der Waals surface area contributed by atoms with Gasteiger partial charge in [0.2, 0.25) is 11.8 Å². The fourth-order valence-electron chi connectivity index (χ4n) is 3.35. The number of carbonyl (C=O) groups is 1. The number of hydrogen-bond donors (Lipinski definition) is 2. The van der Waals surface area contributed by atoms with Gasteiger partial charge in [0.25, 0.3) is 0 Å². The van der Waals surface area contributed by atoms with Gasteiger partial charge in [-0.05, 0) is 48.2 Å². The van der Waals surface area contributed by atoms with E-state index in [4.69, 9.17) is 15.7 Å². The van der Waals surface area contributed by atoms with Crippen LogP contribution in [0.15, 0.2) is 48.3 Å². The maximum absolute atomic E-state index is 12.5. The third-order valence-corrected chi connectivity index (χ3v) is 5.84. The Morgan fingerprint density at radius 1 is 1.41 bits per heavy atom. The van der Waals surface area contributed by atoms with Crippen molar-refractivity contribution >= 4 is 23.4 Å². The Balaban J connectivity index is 1.40. The molecule has 2 aliphatic rings. The molecule has 3 heterocycles. The second-order valence-electron chi connectivity index (χ2n) is 6.99. The largest absolute Gasteiger partial charge is 0.439 e. The molecule has 1 aromatic carbocycles. The maximum Gasteiger partial charge on any atom is 0.240 e. The zero-order valence-electron chi connectivity index (χ0n) is 15.8. The van der Waals surface area contributed by atoms with Crippen LogP contribution in [0, 0.1) is 11.3 Å². The number of nitrogens with one attached hydrogen (secondary N) is 1. The highest BCUT2D eigenvalue weighted by Gasteiger charge is 2.25. The summed E-state index contributed by atoms with van der Waals surface area (Å²) >= 11 is 1.76. The first-order valence-electron chi connectivity index (χ1n) is 9.36. The summed E-state index contributed by atoms with van der Waals surface area (Å²) in [5.74, 6) is 2.83. The number of thioether (sulfide) groups is 1. The highest BCUT2D eigenvalue weighted by Crippen LogP contribution is 2.31. The molecule has 0 aliphatic carbocycles. The number of nitrogens with two attached hydrogens (primary N) is 1. The van der Waals surface area contributed by atoms with Gasteiger partial charge in [0.05, 0.1) is 17.5 Å². The Labute approximate surface area is 173 Å². The maximum atomic E-state index is 12.5. The Bertz CT molecular complexity index is 978. The van der Waals surface area contributed by atoms with Gasteiger partial charge in [-0.1, -0.05) is 0 Å². The molecule has 0 bridgehead atoms. The molecule has 1 amide bonds. The summed E-state index contributed by atoms with van der Waals surface area (Å²) in [7, 11) is 0. The van der Waals surface area contributed by atoms with Crippen molar-refractivity contribution in [2.45, 2.75) is 18.9 Å². The number of hydrogen-bond acceptors (Lipinski definition) is 7. The lowest BCUT2D eigenvalue weighted by molar-refractivity contribution is -0.131. The molecule has 0 saturated carbocycles. The number of ether oxygens (including phenoxy) is 1. The van der Waals surface area contributed by atoms with Crippen molar-refractivity contribution in [1.82, 2.24) is 9.88 Å². The number of fused-ring (bicyclic) bond motifs is 1. The van der Waals surface area contributed by atoms with E-state index in [-0.39, 0.29) is 5.91 Å². The molecular formula is C21H21N5O2S. The molecule has 3 N–H and O–H groups in total. The summed E-state index contributed by atoms with van der Waals surface area (Å²) < 4.78 is 5.81. The lowest BCUT2D eigenvalue weighted by Crippen LogP contribution is -2.42. The van der Waals surface area contributed by atoms with Crippen molar-refractivity contribution in [1.29, 1.82) is 5.26 Å². The molecule has 1 aromatic heterocycles. The topological polar surface area (TPSA) is 104 Å². The van der Waals surface area contributed by atoms with E-state index in [1.54, 1.807) is 23.9 Å². The highest BCUT2D eigenvalue weighted by molar-refractivity contribution is 7.99. The Morgan fingerprint density at radius 2 is 2.31 bits per heavy atom. The fraction of sp³-hybridized carbons (Fsp3) is 0.286. The van der Waals surface area contributed by atoms with Crippen LogP contribution in [-0.4, -0.2) is 40.0 Å². The average Bonchev–Trinajstić information content (AvgIpc) is 3.28. The van der Waals surface area contributed by atoms with Crippen molar-refractivity contribution in [3.05, 3.63) is 59.4 Å². The fourth-order valence-corrected chi connectivity index (χ4v) is 4.30. The zero-order valence-corrected chi connectivity index (χ0v) is 16.6. The van der Waals surface area contributed by atoms with Gasteiger partial charge >= 0.3 is 0 Å². The van der Waals surface area contributed by atoms with E-state index in [0.29, 0.717) is 30.0 Å². The molecule has 0 spiro atoms. The van der Waals surface area contributed by atoms with Crippen LogP contribution in [-0.2, 0) is 11.2 Å². The zero-order chi connectivity index (χ0) is 20.2. The second kappa shape index (κ2) is 8.55. The van der Waals surface area contributed by atoms with Gasteiger partial charge in [0, 0.05) is 36.4 Å². The number of amides is 1. The predicted molar refractivity (Wildman–Crippen MR) is 113 cm³/mol. The third-order valence-electron chi connectivity index (χ3n) is 4.88. The van der Waals surface area contributed by atoms with Crippen molar-refractivity contribution in [2.24, 2.45) is 5.73 Å². The third kappa shape index (κ3) is 4.53. The van der Waals surface area contributed by atoms with Crippen LogP contribution in [0.5, 0.6) is 11.6 Å². The van der Waals surface area contributed by atoms with Gasteiger partial charge in [-0.15, -0.1) is 11.8 Å². The van der Waals surface area contributed by atoms with Crippen molar-refractivity contribution < 1.29 is 9.53 Å². The number of carbonyl (C=O) groups excluding carboxylic acids is 1. The molecule has 2 aliphatic heterocycles. The predicted octanol–water partition coefficient (Wildman–Crippen LogP) is 2.85. The van der Waals surface area contributed by atoms with Crippen LogP contribution in [0.2, 0.25) is 0 Å². The molecule has 148 valence electrons. The molecule has 1 saturated heterocycles. The number of nitriles is 1. The number of nitrogens with zero attached hydrogens (tertiary/aromatic N) is 3. The summed E-state index contributed by atoms with van der Waals surface area (Å²) in [6.45, 7) is 0.779. The van der Waals surface area contributed by atoms with E-state index in [2.05, 4.69) is 10.3 Å². The molecule has 29 heavy (non-hydrogen) atoms. The van der Waals surface area contributed by atoms with Crippen LogP contribution in [0.3, 0.4) is 0 Å². The van der Waals surface area contributed by atoms with Crippen molar-refractivity contribution in [3.63, 3.8) is 0 Å². The molecule has 7 nitrogen and oxygen atoms in total. The van der Waals surface area contributed by atoms with Gasteiger partial charge in [0.15, 0.2) is 0 Å². The minimum atomic E-state index is -0.523. The number of rotatable bonds is 5. The first-order chi connectivity index (χ1) is 14.1. The van der Waals surface area contributed by atoms with E-state index in [1.165, 1.54) is 6.20 Å². The van der Waals surface area contributed by atoms with Gasteiger partial charge in [-0.25, -0.2) is 4.98 Å².